The molecule has 3 rings (SSSR count). The first-order valence-electron chi connectivity index (χ1n) is 7.55. The summed E-state index contributed by atoms with van der Waals surface area (Å²) >= 11 is 0. The van der Waals surface area contributed by atoms with Crippen LogP contribution >= 0.6 is 0 Å². The molecule has 1 aromatic heterocycles. The number of rotatable bonds is 6. The van der Waals surface area contributed by atoms with E-state index in [1.165, 1.54) is 0 Å². The van der Waals surface area contributed by atoms with Crippen LogP contribution in [0.5, 0.6) is 0 Å². The van der Waals surface area contributed by atoms with E-state index in [9.17, 15) is 8.42 Å². The van der Waals surface area contributed by atoms with Crippen LogP contribution in [0.3, 0.4) is 0 Å². The van der Waals surface area contributed by atoms with Gasteiger partial charge in [0.05, 0.1) is 22.6 Å². The highest BCUT2D eigenvalue weighted by atomic mass is 32.2. The van der Waals surface area contributed by atoms with Crippen LogP contribution in [0.2, 0.25) is 0 Å². The highest BCUT2D eigenvalue weighted by Gasteiger charge is 2.27. The molecule has 5 nitrogen and oxygen atoms in total. The summed E-state index contributed by atoms with van der Waals surface area (Å²) in [5, 5.41) is -0.174. The van der Waals surface area contributed by atoms with E-state index in [1.54, 1.807) is 0 Å². The molecule has 0 aliphatic heterocycles. The first-order chi connectivity index (χ1) is 10.2. The molecule has 1 heterocycles. The predicted octanol–water partition coefficient (Wildman–Crippen LogP) is 2.29. The summed E-state index contributed by atoms with van der Waals surface area (Å²) in [5.41, 5.74) is 2.07. The van der Waals surface area contributed by atoms with Gasteiger partial charge in [-0.15, -0.1) is 0 Å². The van der Waals surface area contributed by atoms with Crippen molar-refractivity contribution in [1.29, 1.82) is 0 Å². The first-order valence-corrected chi connectivity index (χ1v) is 9.10. The van der Waals surface area contributed by atoms with Gasteiger partial charge in [-0.2, -0.15) is 0 Å². The van der Waals surface area contributed by atoms with Crippen molar-refractivity contribution >= 4 is 21.1 Å². The van der Waals surface area contributed by atoms with Gasteiger partial charge in [0.15, 0.2) is 0 Å². The van der Waals surface area contributed by atoms with Crippen LogP contribution < -0.4 is 4.72 Å². The Bertz CT molecular complexity index is 703. The van der Waals surface area contributed by atoms with Gasteiger partial charge in [0.1, 0.15) is 0 Å². The summed E-state index contributed by atoms with van der Waals surface area (Å²) in [6, 6.07) is 7.97. The van der Waals surface area contributed by atoms with Crippen LogP contribution in [-0.2, 0) is 16.6 Å². The monoisotopic (exact) mass is 307 g/mol. The molecule has 0 spiro atoms. The fourth-order valence-electron chi connectivity index (χ4n) is 2.97. The van der Waals surface area contributed by atoms with Gasteiger partial charge in [-0.25, -0.2) is 18.1 Å². The number of fused-ring (bicyclic) bond motifs is 1. The van der Waals surface area contributed by atoms with Gasteiger partial charge in [-0.1, -0.05) is 25.0 Å². The van der Waals surface area contributed by atoms with Crippen molar-refractivity contribution in [2.24, 2.45) is 0 Å². The molecule has 2 aromatic rings. The highest BCUT2D eigenvalue weighted by molar-refractivity contribution is 7.90. The number of sulfonamides is 1. The average molecular weight is 307 g/mol. The van der Waals surface area contributed by atoms with Gasteiger partial charge in [-0.3, -0.25) is 0 Å². The van der Waals surface area contributed by atoms with Gasteiger partial charge < -0.3 is 4.57 Å². The fraction of sp³-hybridized carbons (Fsp3) is 0.533. The molecule has 1 saturated carbocycles. The molecule has 1 fully saturated rings. The molecule has 0 bridgehead atoms. The smallest absolute Gasteiger partial charge is 0.214 e. The molecule has 0 saturated heterocycles. The summed E-state index contributed by atoms with van der Waals surface area (Å²) in [4.78, 5) is 4.33. The number of aryl methyl sites for hydroxylation is 1. The molecule has 114 valence electrons. The molecule has 1 N–H and O–H groups in total. The van der Waals surface area contributed by atoms with Crippen molar-refractivity contribution in [3.8, 4) is 0 Å². The van der Waals surface area contributed by atoms with Crippen molar-refractivity contribution in [2.45, 2.75) is 43.9 Å². The average Bonchev–Trinajstić information content (AvgIpc) is 3.14. The molecule has 0 radical (unpaired) electrons. The topological polar surface area (TPSA) is 64.0 Å². The zero-order chi connectivity index (χ0) is 14.7. The Hall–Kier alpha value is -1.40. The van der Waals surface area contributed by atoms with E-state index in [0.29, 0.717) is 6.54 Å². The maximum atomic E-state index is 12.1. The number of para-hydroxylation sites is 2. The lowest BCUT2D eigenvalue weighted by Crippen LogP contribution is -2.33. The molecule has 0 unspecified atom stereocenters. The lowest BCUT2D eigenvalue weighted by molar-refractivity contribution is 0.556. The molecular weight excluding hydrogens is 286 g/mol. The van der Waals surface area contributed by atoms with Crippen LogP contribution in [0.15, 0.2) is 30.6 Å². The van der Waals surface area contributed by atoms with E-state index >= 15 is 0 Å². The second-order valence-corrected chi connectivity index (χ2v) is 7.67. The highest BCUT2D eigenvalue weighted by Crippen LogP contribution is 2.23. The van der Waals surface area contributed by atoms with Gasteiger partial charge in [0.25, 0.3) is 0 Å². The van der Waals surface area contributed by atoms with Gasteiger partial charge >= 0.3 is 0 Å². The molecule has 21 heavy (non-hydrogen) atoms. The number of nitrogens with zero attached hydrogens (tertiary/aromatic N) is 2. The normalized spacial score (nSPS) is 16.8. The molecule has 1 aromatic carbocycles. The Morgan fingerprint density at radius 2 is 2.00 bits per heavy atom. The molecule has 6 heteroatoms. The van der Waals surface area contributed by atoms with Crippen molar-refractivity contribution in [3.05, 3.63) is 30.6 Å². The molecule has 0 amide bonds. The predicted molar refractivity (Wildman–Crippen MR) is 83.5 cm³/mol. The molecule has 1 aliphatic carbocycles. The summed E-state index contributed by atoms with van der Waals surface area (Å²) < 4.78 is 29.0. The third-order valence-corrected chi connectivity index (χ3v) is 6.10. The largest absolute Gasteiger partial charge is 0.331 e. The van der Waals surface area contributed by atoms with Crippen molar-refractivity contribution in [3.63, 3.8) is 0 Å². The van der Waals surface area contributed by atoms with Gasteiger partial charge in [0, 0.05) is 13.1 Å². The summed E-state index contributed by atoms with van der Waals surface area (Å²) in [6.45, 7) is 1.26. The van der Waals surface area contributed by atoms with Crippen LogP contribution in [0, 0.1) is 0 Å². The first kappa shape index (κ1) is 14.5. The lowest BCUT2D eigenvalue weighted by Gasteiger charge is -2.12. The lowest BCUT2D eigenvalue weighted by atomic mass is 10.3. The molecule has 0 atom stereocenters. The minimum Gasteiger partial charge on any atom is -0.331 e. The van der Waals surface area contributed by atoms with Crippen molar-refractivity contribution < 1.29 is 8.42 Å². The van der Waals surface area contributed by atoms with E-state index < -0.39 is 10.0 Å². The van der Waals surface area contributed by atoms with E-state index in [-0.39, 0.29) is 5.25 Å². The number of hydrogen-bond donors (Lipinski definition) is 1. The number of aromatic nitrogens is 2. The van der Waals surface area contributed by atoms with Gasteiger partial charge in [0.2, 0.25) is 10.0 Å². The van der Waals surface area contributed by atoms with Gasteiger partial charge in [-0.05, 0) is 31.4 Å². The minimum atomic E-state index is -3.12. The Kier molecular flexibility index (Phi) is 4.26. The SMILES string of the molecule is O=S(=O)(NCCCn1cnc2ccccc21)C1CCCC1. The van der Waals surface area contributed by atoms with E-state index in [1.807, 2.05) is 30.6 Å². The van der Waals surface area contributed by atoms with E-state index in [4.69, 9.17) is 0 Å². The molecular formula is C15H21N3O2S. The Morgan fingerprint density at radius 3 is 2.81 bits per heavy atom. The Balaban J connectivity index is 1.52. The standard InChI is InChI=1S/C15H21N3O2S/c19-21(20,13-6-1-2-7-13)17-10-5-11-18-12-16-14-8-3-4-9-15(14)18/h3-4,8-9,12-13,17H,1-2,5-7,10-11H2. The maximum Gasteiger partial charge on any atom is 0.214 e. The summed E-state index contributed by atoms with van der Waals surface area (Å²) in [5.74, 6) is 0. The van der Waals surface area contributed by atoms with Crippen molar-refractivity contribution in [2.75, 3.05) is 6.54 Å². The second-order valence-electron chi connectivity index (χ2n) is 5.63. The summed E-state index contributed by atoms with van der Waals surface area (Å²) in [7, 11) is -3.12. The zero-order valence-corrected chi connectivity index (χ0v) is 12.8. The Morgan fingerprint density at radius 1 is 1.24 bits per heavy atom. The third kappa shape index (κ3) is 3.27. The van der Waals surface area contributed by atoms with Crippen LogP contribution in [0.4, 0.5) is 0 Å². The Labute approximate surface area is 125 Å². The fourth-order valence-corrected chi connectivity index (χ4v) is 4.59. The van der Waals surface area contributed by atoms with Crippen molar-refractivity contribution in [1.82, 2.24) is 14.3 Å². The van der Waals surface area contributed by atoms with Crippen LogP contribution in [0.1, 0.15) is 32.1 Å². The number of imidazole rings is 1. The third-order valence-electron chi connectivity index (χ3n) is 4.15. The second kappa shape index (κ2) is 6.15. The number of nitrogens with one attached hydrogen (secondary N) is 1. The minimum absolute atomic E-state index is 0.174. The number of benzene rings is 1. The summed E-state index contributed by atoms with van der Waals surface area (Å²) in [6.07, 6.45) is 6.27. The quantitative estimate of drug-likeness (QED) is 0.833. The van der Waals surface area contributed by atoms with Crippen LogP contribution in [-0.4, -0.2) is 29.8 Å². The van der Waals surface area contributed by atoms with E-state index in [2.05, 4.69) is 14.3 Å². The van der Waals surface area contributed by atoms with E-state index in [0.717, 1.165) is 49.7 Å². The number of hydrogen-bond acceptors (Lipinski definition) is 3. The zero-order valence-electron chi connectivity index (χ0n) is 12.0. The maximum absolute atomic E-state index is 12.1. The molecule has 1 aliphatic rings. The van der Waals surface area contributed by atoms with Crippen LogP contribution in [0.25, 0.3) is 11.0 Å².